The number of allylic oxidation sites excluding steroid dienone is 4. The van der Waals surface area contributed by atoms with E-state index in [1.165, 1.54) is 44.5 Å². The normalized spacial score (nSPS) is 17.7. The summed E-state index contributed by atoms with van der Waals surface area (Å²) in [5, 5.41) is 0. The molecule has 25 heavy (non-hydrogen) atoms. The average molecular weight is 320 g/mol. The van der Waals surface area contributed by atoms with Crippen LogP contribution in [0.15, 0.2) is 90.5 Å². The lowest BCUT2D eigenvalue weighted by molar-refractivity contribution is 0.986. The van der Waals surface area contributed by atoms with E-state index in [0.717, 1.165) is 6.42 Å². The zero-order chi connectivity index (χ0) is 16.8. The molecule has 0 radical (unpaired) electrons. The first-order valence-electron chi connectivity index (χ1n) is 8.97. The minimum Gasteiger partial charge on any atom is -0.0651 e. The molecule has 0 N–H and O–H groups in total. The first kappa shape index (κ1) is 14.5. The van der Waals surface area contributed by atoms with Crippen molar-refractivity contribution in [1.82, 2.24) is 0 Å². The molecule has 120 valence electrons. The number of hydrogen-bond donors (Lipinski definition) is 0. The van der Waals surface area contributed by atoms with Gasteiger partial charge in [-0.2, -0.15) is 0 Å². The molecule has 0 spiro atoms. The Morgan fingerprint density at radius 2 is 1.52 bits per heavy atom. The minimum absolute atomic E-state index is 0.388. The van der Waals surface area contributed by atoms with Crippen LogP contribution in [0.5, 0.6) is 0 Å². The monoisotopic (exact) mass is 320 g/mol. The maximum absolute atomic E-state index is 2.43. The Bertz CT molecular complexity index is 1020. The molecule has 0 saturated heterocycles. The van der Waals surface area contributed by atoms with Gasteiger partial charge in [0.05, 0.1) is 0 Å². The molecule has 0 nitrogen and oxygen atoms in total. The van der Waals surface area contributed by atoms with E-state index in [1.807, 2.05) is 0 Å². The van der Waals surface area contributed by atoms with Crippen LogP contribution in [0, 0.1) is 0 Å². The van der Waals surface area contributed by atoms with Gasteiger partial charge in [-0.1, -0.05) is 90.5 Å². The number of benzene rings is 3. The lowest BCUT2D eigenvalue weighted by Crippen LogP contribution is -1.99. The summed E-state index contributed by atoms with van der Waals surface area (Å²) in [5.41, 5.74) is 11.3. The van der Waals surface area contributed by atoms with Gasteiger partial charge in [0.25, 0.3) is 0 Å². The van der Waals surface area contributed by atoms with Crippen molar-refractivity contribution in [3.05, 3.63) is 113 Å². The highest BCUT2D eigenvalue weighted by Crippen LogP contribution is 2.44. The van der Waals surface area contributed by atoms with E-state index in [9.17, 15) is 0 Å². The van der Waals surface area contributed by atoms with E-state index in [1.54, 1.807) is 0 Å². The van der Waals surface area contributed by atoms with Crippen LogP contribution in [-0.2, 0) is 6.42 Å². The second-order valence-electron chi connectivity index (χ2n) is 7.06. The smallest absolute Gasteiger partial charge is 0.0240 e. The summed E-state index contributed by atoms with van der Waals surface area (Å²) in [7, 11) is 0. The molecule has 0 aliphatic heterocycles. The summed E-state index contributed by atoms with van der Waals surface area (Å²) in [4.78, 5) is 0. The van der Waals surface area contributed by atoms with Crippen LogP contribution < -0.4 is 0 Å². The fraction of sp³-hybridized carbons (Fsp3) is 0.120. The first-order chi connectivity index (χ1) is 12.3. The highest BCUT2D eigenvalue weighted by molar-refractivity contribution is 5.82. The topological polar surface area (TPSA) is 0 Å². The molecule has 5 rings (SSSR count). The highest BCUT2D eigenvalue weighted by Gasteiger charge is 2.26. The first-order valence-corrected chi connectivity index (χ1v) is 8.97. The molecule has 0 saturated carbocycles. The lowest BCUT2D eigenvalue weighted by atomic mass is 9.88. The molecule has 2 aliphatic carbocycles. The van der Waals surface area contributed by atoms with Crippen LogP contribution >= 0.6 is 0 Å². The second kappa shape index (κ2) is 5.60. The molecule has 0 bridgehead atoms. The van der Waals surface area contributed by atoms with Gasteiger partial charge in [0.2, 0.25) is 0 Å². The van der Waals surface area contributed by atoms with Crippen molar-refractivity contribution in [1.29, 1.82) is 0 Å². The van der Waals surface area contributed by atoms with E-state index < -0.39 is 0 Å². The number of rotatable bonds is 2. The third kappa shape index (κ3) is 2.29. The van der Waals surface area contributed by atoms with Crippen LogP contribution in [0.4, 0.5) is 0 Å². The van der Waals surface area contributed by atoms with Gasteiger partial charge in [-0.25, -0.2) is 0 Å². The van der Waals surface area contributed by atoms with Gasteiger partial charge in [-0.3, -0.25) is 0 Å². The molecule has 0 fully saturated rings. The number of fused-ring (bicyclic) bond motifs is 3. The Morgan fingerprint density at radius 1 is 0.760 bits per heavy atom. The molecule has 2 aliphatic rings. The fourth-order valence-corrected chi connectivity index (χ4v) is 4.31. The van der Waals surface area contributed by atoms with Crippen molar-refractivity contribution in [2.45, 2.75) is 19.3 Å². The van der Waals surface area contributed by atoms with E-state index >= 15 is 0 Å². The second-order valence-corrected chi connectivity index (χ2v) is 7.06. The summed E-state index contributed by atoms with van der Waals surface area (Å²) in [6, 6.07) is 26.3. The Labute approximate surface area is 149 Å². The highest BCUT2D eigenvalue weighted by atomic mass is 14.3. The molecule has 0 heteroatoms. The summed E-state index contributed by atoms with van der Waals surface area (Å²) in [6.07, 6.45) is 5.84. The standard InChI is InChI=1S/C25H20/c1-17-14-20(18-8-3-2-4-9-18)16-24(17)23-13-7-12-22-21-11-6-5-10-19(21)15-25(22)23/h2-14,16,24H,15H2,1H3. The molecular formula is C25H20. The third-order valence-electron chi connectivity index (χ3n) is 5.55. The Kier molecular flexibility index (Phi) is 3.24. The SMILES string of the molecule is CC1=CC(c2ccccc2)=CC1c1cccc2c1Cc1ccccc1-2. The van der Waals surface area contributed by atoms with Crippen molar-refractivity contribution in [2.75, 3.05) is 0 Å². The fourth-order valence-electron chi connectivity index (χ4n) is 4.31. The molecular weight excluding hydrogens is 300 g/mol. The van der Waals surface area contributed by atoms with Gasteiger partial charge in [-0.05, 0) is 52.3 Å². The van der Waals surface area contributed by atoms with Gasteiger partial charge in [0, 0.05) is 5.92 Å². The molecule has 3 aromatic carbocycles. The maximum atomic E-state index is 2.43. The molecule has 1 unspecified atom stereocenters. The van der Waals surface area contributed by atoms with E-state index in [2.05, 4.69) is 91.9 Å². The average Bonchev–Trinajstić information content (AvgIpc) is 3.23. The van der Waals surface area contributed by atoms with Gasteiger partial charge >= 0.3 is 0 Å². The van der Waals surface area contributed by atoms with Gasteiger partial charge in [0.15, 0.2) is 0 Å². The zero-order valence-corrected chi connectivity index (χ0v) is 14.4. The molecule has 0 aromatic heterocycles. The van der Waals surface area contributed by atoms with Crippen molar-refractivity contribution in [3.63, 3.8) is 0 Å². The Hall–Kier alpha value is -2.86. The summed E-state index contributed by atoms with van der Waals surface area (Å²) in [5.74, 6) is 0.388. The summed E-state index contributed by atoms with van der Waals surface area (Å²) >= 11 is 0. The van der Waals surface area contributed by atoms with Crippen molar-refractivity contribution in [2.24, 2.45) is 0 Å². The Balaban J connectivity index is 1.60. The predicted octanol–water partition coefficient (Wildman–Crippen LogP) is 6.38. The summed E-state index contributed by atoms with van der Waals surface area (Å²) in [6.45, 7) is 2.26. The molecule has 0 amide bonds. The quantitative estimate of drug-likeness (QED) is 0.402. The van der Waals surface area contributed by atoms with Crippen LogP contribution in [-0.4, -0.2) is 0 Å². The molecule has 1 atom stereocenters. The number of hydrogen-bond acceptors (Lipinski definition) is 0. The van der Waals surface area contributed by atoms with Crippen molar-refractivity contribution in [3.8, 4) is 11.1 Å². The largest absolute Gasteiger partial charge is 0.0651 e. The van der Waals surface area contributed by atoms with Gasteiger partial charge in [-0.15, -0.1) is 0 Å². The van der Waals surface area contributed by atoms with Crippen LogP contribution in [0.2, 0.25) is 0 Å². The van der Waals surface area contributed by atoms with Crippen LogP contribution in [0.25, 0.3) is 16.7 Å². The van der Waals surface area contributed by atoms with E-state index in [4.69, 9.17) is 0 Å². The van der Waals surface area contributed by atoms with E-state index in [0.29, 0.717) is 5.92 Å². The molecule has 3 aromatic rings. The van der Waals surface area contributed by atoms with Crippen LogP contribution in [0.3, 0.4) is 0 Å². The third-order valence-corrected chi connectivity index (χ3v) is 5.55. The molecule has 0 heterocycles. The van der Waals surface area contributed by atoms with Gasteiger partial charge < -0.3 is 0 Å². The Morgan fingerprint density at radius 3 is 2.40 bits per heavy atom. The maximum Gasteiger partial charge on any atom is 0.0240 e. The van der Waals surface area contributed by atoms with Gasteiger partial charge in [0.1, 0.15) is 0 Å². The summed E-state index contributed by atoms with van der Waals surface area (Å²) < 4.78 is 0. The minimum atomic E-state index is 0.388. The van der Waals surface area contributed by atoms with Crippen LogP contribution in [0.1, 0.15) is 35.1 Å². The zero-order valence-electron chi connectivity index (χ0n) is 14.4. The van der Waals surface area contributed by atoms with E-state index in [-0.39, 0.29) is 0 Å². The lowest BCUT2D eigenvalue weighted by Gasteiger charge is -2.15. The predicted molar refractivity (Wildman–Crippen MR) is 106 cm³/mol. The van der Waals surface area contributed by atoms with Crippen molar-refractivity contribution >= 4 is 5.57 Å². The van der Waals surface area contributed by atoms with Crippen molar-refractivity contribution < 1.29 is 0 Å².